The number of hydrogen-bond acceptors (Lipinski definition) is 3. The Morgan fingerprint density at radius 2 is 1.17 bits per heavy atom. The molecule has 0 saturated carbocycles. The van der Waals surface area contributed by atoms with Crippen molar-refractivity contribution in [2.75, 3.05) is 16.0 Å². The molecule has 24 heavy (non-hydrogen) atoms. The van der Waals surface area contributed by atoms with E-state index in [0.717, 1.165) is 18.2 Å². The summed E-state index contributed by atoms with van der Waals surface area (Å²) in [5.74, 6) is -4.45. The lowest BCUT2D eigenvalue weighted by molar-refractivity contribution is -0.133. The van der Waals surface area contributed by atoms with Gasteiger partial charge in [-0.15, -0.1) is 0 Å². The minimum absolute atomic E-state index is 0.0462. The predicted molar refractivity (Wildman–Crippen MR) is 84.4 cm³/mol. The quantitative estimate of drug-likeness (QED) is 0.754. The number of carbonyl (C=O) groups excluding carboxylic acids is 3. The number of carbonyl (C=O) groups is 3. The van der Waals surface area contributed by atoms with Crippen molar-refractivity contribution in [1.82, 2.24) is 0 Å². The van der Waals surface area contributed by atoms with E-state index in [0.29, 0.717) is 11.4 Å². The minimum Gasteiger partial charge on any atom is -0.326 e. The smallest absolute Gasteiger partial charge is 0.314 e. The summed E-state index contributed by atoms with van der Waals surface area (Å²) in [7, 11) is 0. The van der Waals surface area contributed by atoms with Gasteiger partial charge >= 0.3 is 11.8 Å². The Morgan fingerprint density at radius 1 is 0.708 bits per heavy atom. The molecule has 6 nitrogen and oxygen atoms in total. The maximum atomic E-state index is 13.0. The lowest BCUT2D eigenvalue weighted by Gasteiger charge is -2.08. The molecule has 0 aliphatic rings. The van der Waals surface area contributed by atoms with Crippen molar-refractivity contribution in [2.24, 2.45) is 0 Å². The lowest BCUT2D eigenvalue weighted by atomic mass is 10.2. The fourth-order valence-electron chi connectivity index (χ4n) is 1.79. The molecular weight excluding hydrogens is 320 g/mol. The van der Waals surface area contributed by atoms with E-state index in [9.17, 15) is 23.2 Å². The molecule has 3 N–H and O–H groups in total. The molecule has 0 aliphatic carbocycles. The number of halogens is 2. The standard InChI is InChI=1S/C16H13F2N3O3/c1-9(22)19-10-2-4-11(5-3-10)20-15(23)16(24)21-12-6-7-13(17)14(18)8-12/h2-8H,1H3,(H,19,22)(H,20,23)(H,21,24). The summed E-state index contributed by atoms with van der Waals surface area (Å²) in [5, 5.41) is 7.04. The van der Waals surface area contributed by atoms with E-state index in [4.69, 9.17) is 0 Å². The molecule has 0 aromatic heterocycles. The second kappa shape index (κ2) is 7.32. The van der Waals surface area contributed by atoms with Gasteiger partial charge in [0.25, 0.3) is 0 Å². The van der Waals surface area contributed by atoms with Crippen LogP contribution < -0.4 is 16.0 Å². The van der Waals surface area contributed by atoms with Crippen LogP contribution in [-0.4, -0.2) is 17.7 Å². The molecule has 0 bridgehead atoms. The third kappa shape index (κ3) is 4.60. The first-order valence-electron chi connectivity index (χ1n) is 6.80. The van der Waals surface area contributed by atoms with E-state index in [1.165, 1.54) is 19.1 Å². The molecule has 124 valence electrons. The number of hydrogen-bond donors (Lipinski definition) is 3. The highest BCUT2D eigenvalue weighted by molar-refractivity contribution is 6.43. The Bertz CT molecular complexity index is 792. The second-order valence-corrected chi connectivity index (χ2v) is 4.80. The van der Waals surface area contributed by atoms with Gasteiger partial charge in [-0.25, -0.2) is 8.78 Å². The SMILES string of the molecule is CC(=O)Nc1ccc(NC(=O)C(=O)Nc2ccc(F)c(F)c2)cc1. The van der Waals surface area contributed by atoms with Crippen molar-refractivity contribution in [2.45, 2.75) is 6.92 Å². The number of nitrogens with one attached hydrogen (secondary N) is 3. The molecule has 0 fully saturated rings. The van der Waals surface area contributed by atoms with Gasteiger partial charge in [0.15, 0.2) is 11.6 Å². The Balaban J connectivity index is 1.97. The second-order valence-electron chi connectivity index (χ2n) is 4.80. The molecule has 8 heteroatoms. The van der Waals surface area contributed by atoms with E-state index in [-0.39, 0.29) is 11.6 Å². The molecule has 3 amide bonds. The summed E-state index contributed by atoms with van der Waals surface area (Å²) in [6.45, 7) is 1.36. The largest absolute Gasteiger partial charge is 0.326 e. The van der Waals surface area contributed by atoms with Crippen molar-refractivity contribution in [1.29, 1.82) is 0 Å². The van der Waals surface area contributed by atoms with Gasteiger partial charge in [0.2, 0.25) is 5.91 Å². The van der Waals surface area contributed by atoms with Crippen molar-refractivity contribution < 1.29 is 23.2 Å². The van der Waals surface area contributed by atoms with Crippen LogP contribution in [0.4, 0.5) is 25.8 Å². The summed E-state index contributed by atoms with van der Waals surface area (Å²) in [6.07, 6.45) is 0. The van der Waals surface area contributed by atoms with Crippen LogP contribution in [0.3, 0.4) is 0 Å². The van der Waals surface area contributed by atoms with Crippen LogP contribution in [0.25, 0.3) is 0 Å². The zero-order valence-electron chi connectivity index (χ0n) is 12.5. The molecule has 2 aromatic carbocycles. The molecule has 0 atom stereocenters. The molecule has 0 unspecified atom stereocenters. The number of benzene rings is 2. The summed E-state index contributed by atoms with van der Waals surface area (Å²) in [6, 6.07) is 8.81. The van der Waals surface area contributed by atoms with Gasteiger partial charge in [0.05, 0.1) is 0 Å². The van der Waals surface area contributed by atoms with Gasteiger partial charge < -0.3 is 16.0 Å². The van der Waals surface area contributed by atoms with Crippen molar-refractivity contribution in [3.05, 3.63) is 54.1 Å². The summed E-state index contributed by atoms with van der Waals surface area (Å²) in [5.41, 5.74) is 0.816. The van der Waals surface area contributed by atoms with Gasteiger partial charge in [-0.2, -0.15) is 0 Å². The highest BCUT2D eigenvalue weighted by Crippen LogP contribution is 2.15. The van der Waals surface area contributed by atoms with E-state index in [2.05, 4.69) is 16.0 Å². The zero-order valence-corrected chi connectivity index (χ0v) is 12.5. The van der Waals surface area contributed by atoms with Crippen LogP contribution in [0.15, 0.2) is 42.5 Å². The van der Waals surface area contributed by atoms with E-state index >= 15 is 0 Å². The maximum absolute atomic E-state index is 13.0. The Hall–Kier alpha value is -3.29. The molecule has 0 spiro atoms. The monoisotopic (exact) mass is 333 g/mol. The Morgan fingerprint density at radius 3 is 1.67 bits per heavy atom. The Kier molecular flexibility index (Phi) is 5.20. The fourth-order valence-corrected chi connectivity index (χ4v) is 1.79. The van der Waals surface area contributed by atoms with E-state index in [1.807, 2.05) is 0 Å². The maximum Gasteiger partial charge on any atom is 0.314 e. The molecule has 2 rings (SSSR count). The van der Waals surface area contributed by atoms with Gasteiger partial charge in [0.1, 0.15) is 0 Å². The first-order chi connectivity index (χ1) is 11.3. The number of anilines is 3. The molecule has 0 saturated heterocycles. The highest BCUT2D eigenvalue weighted by Gasteiger charge is 2.15. The third-order valence-corrected chi connectivity index (χ3v) is 2.85. The average molecular weight is 333 g/mol. The first kappa shape index (κ1) is 17.1. The van der Waals surface area contributed by atoms with Crippen LogP contribution in [0, 0.1) is 11.6 Å². The molecule has 2 aromatic rings. The predicted octanol–water partition coefficient (Wildman–Crippen LogP) is 2.50. The Labute approximate surface area is 135 Å². The van der Waals surface area contributed by atoms with Crippen LogP contribution >= 0.6 is 0 Å². The normalized spacial score (nSPS) is 9.96. The molecular formula is C16H13F2N3O3. The van der Waals surface area contributed by atoms with Crippen LogP contribution in [0.2, 0.25) is 0 Å². The van der Waals surface area contributed by atoms with Crippen molar-refractivity contribution in [3.63, 3.8) is 0 Å². The highest BCUT2D eigenvalue weighted by atomic mass is 19.2. The first-order valence-corrected chi connectivity index (χ1v) is 6.80. The number of rotatable bonds is 3. The average Bonchev–Trinajstić information content (AvgIpc) is 2.52. The summed E-state index contributed by atoms with van der Waals surface area (Å²) < 4.78 is 25.8. The van der Waals surface area contributed by atoms with E-state index < -0.39 is 23.4 Å². The van der Waals surface area contributed by atoms with Crippen LogP contribution in [-0.2, 0) is 14.4 Å². The van der Waals surface area contributed by atoms with Crippen molar-refractivity contribution in [3.8, 4) is 0 Å². The molecule has 0 radical (unpaired) electrons. The molecule has 0 heterocycles. The van der Waals surface area contributed by atoms with Crippen molar-refractivity contribution >= 4 is 34.8 Å². The summed E-state index contributed by atoms with van der Waals surface area (Å²) >= 11 is 0. The third-order valence-electron chi connectivity index (χ3n) is 2.85. The van der Waals surface area contributed by atoms with Crippen LogP contribution in [0.1, 0.15) is 6.92 Å². The minimum atomic E-state index is -1.14. The van der Waals surface area contributed by atoms with E-state index in [1.54, 1.807) is 12.1 Å². The topological polar surface area (TPSA) is 87.3 Å². The molecule has 0 aliphatic heterocycles. The van der Waals surface area contributed by atoms with Gasteiger partial charge in [-0.05, 0) is 36.4 Å². The lowest BCUT2D eigenvalue weighted by Crippen LogP contribution is -2.29. The van der Waals surface area contributed by atoms with Gasteiger partial charge in [-0.3, -0.25) is 14.4 Å². The zero-order chi connectivity index (χ0) is 17.7. The van der Waals surface area contributed by atoms with Crippen LogP contribution in [0.5, 0.6) is 0 Å². The summed E-state index contributed by atoms with van der Waals surface area (Å²) in [4.78, 5) is 34.4. The number of amides is 3. The fraction of sp³-hybridized carbons (Fsp3) is 0.0625. The van der Waals surface area contributed by atoms with Gasteiger partial charge in [0, 0.05) is 30.1 Å². The van der Waals surface area contributed by atoms with Gasteiger partial charge in [-0.1, -0.05) is 0 Å².